The third-order valence-corrected chi connectivity index (χ3v) is 17.3. The number of anilines is 1. The molecule has 7 rings (SSSR count). The molecule has 0 spiro atoms. The number of amides is 3. The monoisotopic (exact) mass is 1160 g/mol. The van der Waals surface area contributed by atoms with Crippen LogP contribution in [0.4, 0.5) is 49.7 Å². The first-order valence-electron chi connectivity index (χ1n) is 22.4. The van der Waals surface area contributed by atoms with Crippen molar-refractivity contribution in [2.45, 2.75) is 94.0 Å². The van der Waals surface area contributed by atoms with Gasteiger partial charge in [0, 0.05) is 47.2 Å². The van der Waals surface area contributed by atoms with Crippen LogP contribution < -0.4 is 14.9 Å². The zero-order chi connectivity index (χ0) is 56.6. The highest BCUT2D eigenvalue weighted by Gasteiger charge is 2.63. The summed E-state index contributed by atoms with van der Waals surface area (Å²) >= 11 is 6.58. The number of benzene rings is 2. The van der Waals surface area contributed by atoms with Gasteiger partial charge in [-0.2, -0.15) is 49.6 Å². The van der Waals surface area contributed by atoms with E-state index in [-0.39, 0.29) is 56.2 Å². The first-order chi connectivity index (χ1) is 34.8. The van der Waals surface area contributed by atoms with Crippen LogP contribution in [0.15, 0.2) is 42.5 Å². The number of hydrogen-bond donors (Lipinski definition) is 4. The van der Waals surface area contributed by atoms with Gasteiger partial charge < -0.3 is 20.4 Å². The van der Waals surface area contributed by atoms with Gasteiger partial charge in [-0.15, -0.1) is 0 Å². The topological polar surface area (TPSA) is 253 Å². The Bertz CT molecular complexity index is 3440. The van der Waals surface area contributed by atoms with Crippen molar-refractivity contribution in [1.82, 2.24) is 35.2 Å². The molecule has 2 aliphatic rings. The van der Waals surface area contributed by atoms with Crippen molar-refractivity contribution in [2.24, 2.45) is 5.92 Å². The Kier molecular flexibility index (Phi) is 15.5. The van der Waals surface area contributed by atoms with Crippen LogP contribution in [0.5, 0.6) is 0 Å². The molecule has 5 aromatic rings. The Balaban J connectivity index is 1.46. The molecule has 0 bridgehead atoms. The Morgan fingerprint density at radius 3 is 2.12 bits per heavy atom. The number of halogens is 11. The van der Waals surface area contributed by atoms with Gasteiger partial charge in [-0.3, -0.25) is 33.3 Å². The predicted molar refractivity (Wildman–Crippen MR) is 251 cm³/mol. The van der Waals surface area contributed by atoms with E-state index in [2.05, 4.69) is 20.5 Å². The van der Waals surface area contributed by atoms with Gasteiger partial charge in [-0.1, -0.05) is 23.7 Å². The van der Waals surface area contributed by atoms with Crippen molar-refractivity contribution < 1.29 is 89.5 Å². The van der Waals surface area contributed by atoms with E-state index in [9.17, 15) is 80.7 Å². The van der Waals surface area contributed by atoms with Crippen LogP contribution in [0.2, 0.25) is 5.02 Å². The Morgan fingerprint density at radius 2 is 1.57 bits per heavy atom. The summed E-state index contributed by atoms with van der Waals surface area (Å²) in [5.41, 5.74) is -5.90. The van der Waals surface area contributed by atoms with Crippen LogP contribution in [0, 0.1) is 17.6 Å². The number of pyridine rings is 1. The summed E-state index contributed by atoms with van der Waals surface area (Å²) in [4.78, 5) is 64.0. The second-order valence-electron chi connectivity index (χ2n) is 18.9. The number of carbonyl (C=O) groups excluding carboxylic acids is 3. The summed E-state index contributed by atoms with van der Waals surface area (Å²) in [5.74, 6) is -15.4. The molecule has 2 aliphatic carbocycles. The van der Waals surface area contributed by atoms with Gasteiger partial charge in [0.05, 0.1) is 44.8 Å². The van der Waals surface area contributed by atoms with Crippen LogP contribution in [0.25, 0.3) is 22.0 Å². The summed E-state index contributed by atoms with van der Waals surface area (Å²) in [5, 5.41) is 10.0. The summed E-state index contributed by atoms with van der Waals surface area (Å²) < 4.78 is 210. The lowest BCUT2D eigenvalue weighted by Gasteiger charge is -2.34. The fourth-order valence-corrected chi connectivity index (χ4v) is 11.0. The van der Waals surface area contributed by atoms with Crippen molar-refractivity contribution >= 4 is 73.5 Å². The van der Waals surface area contributed by atoms with Crippen molar-refractivity contribution in [3.63, 3.8) is 0 Å². The van der Waals surface area contributed by atoms with E-state index < -0.39 is 180 Å². The SMILES string of the molecule is CC(C)(CCc1ccc(-c2ccc(Cl)c3c(N(C(=O)C(=O)NCCP(=O)(O)O)S(C)(=O)=O)nn(CC(F)(F)F)c23)c([C@H](Cc2cc(F)cc(F)c2)NC(=O)Cn2nc(C(F)(F)F)c3c2C(F)(F)[C@@H]2CC[C@H]32)n1)S(C)(=O)=O. The number of hydrogen-bond acceptors (Lipinski definition) is 11. The zero-order valence-electron chi connectivity index (χ0n) is 39.9. The van der Waals surface area contributed by atoms with Gasteiger partial charge in [-0.25, -0.2) is 25.6 Å². The predicted octanol–water partition coefficient (Wildman–Crippen LogP) is 6.85. The third-order valence-electron chi connectivity index (χ3n) is 13.0. The quantitative estimate of drug-likeness (QED) is 0.0423. The van der Waals surface area contributed by atoms with E-state index in [4.69, 9.17) is 11.6 Å². The Morgan fingerprint density at radius 1 is 0.934 bits per heavy atom. The first kappa shape index (κ1) is 58.0. The van der Waals surface area contributed by atoms with Crippen molar-refractivity contribution in [3.05, 3.63) is 93.0 Å². The van der Waals surface area contributed by atoms with Crippen LogP contribution in [0.3, 0.4) is 0 Å². The molecule has 3 heterocycles. The zero-order valence-corrected chi connectivity index (χ0v) is 43.2. The molecule has 1 fully saturated rings. The number of aromatic nitrogens is 5. The molecule has 4 N–H and O–H groups in total. The fourth-order valence-electron chi connectivity index (χ4n) is 9.07. The van der Waals surface area contributed by atoms with E-state index in [1.165, 1.54) is 26.0 Å². The molecule has 18 nitrogen and oxygen atoms in total. The number of aryl methyl sites for hydroxylation is 1. The molecule has 76 heavy (non-hydrogen) atoms. The highest BCUT2D eigenvalue weighted by atomic mass is 35.5. The van der Waals surface area contributed by atoms with Crippen molar-refractivity contribution in [3.8, 4) is 11.1 Å². The first-order valence-corrected chi connectivity index (χ1v) is 28.3. The number of nitrogens with one attached hydrogen (secondary N) is 2. The van der Waals surface area contributed by atoms with Gasteiger partial charge in [0.1, 0.15) is 30.4 Å². The lowest BCUT2D eigenvalue weighted by atomic mass is 9.73. The number of sulfone groups is 1. The Hall–Kier alpha value is -5.68. The highest BCUT2D eigenvalue weighted by Crippen LogP contribution is 2.64. The maximum Gasteiger partial charge on any atom is 0.435 e. The normalized spacial score (nSPS) is 17.2. The molecule has 0 unspecified atom stereocenters. The second kappa shape index (κ2) is 20.3. The molecular weight excluding hydrogens is 1120 g/mol. The number of sulfonamides is 1. The van der Waals surface area contributed by atoms with Crippen molar-refractivity contribution in [2.75, 3.05) is 29.5 Å². The van der Waals surface area contributed by atoms with Gasteiger partial charge in [0.2, 0.25) is 15.9 Å². The average Bonchev–Trinajstić information content (AvgIpc) is 3.83. The van der Waals surface area contributed by atoms with Crippen molar-refractivity contribution in [1.29, 1.82) is 0 Å². The smallest absolute Gasteiger partial charge is 0.347 e. The lowest BCUT2D eigenvalue weighted by molar-refractivity contribution is -0.144. The van der Waals surface area contributed by atoms with E-state index in [0.717, 1.165) is 30.5 Å². The maximum absolute atomic E-state index is 15.9. The van der Waals surface area contributed by atoms with E-state index >= 15 is 8.78 Å². The largest absolute Gasteiger partial charge is 0.435 e. The molecule has 1 saturated carbocycles. The number of carbonyl (C=O) groups is 3. The van der Waals surface area contributed by atoms with Gasteiger partial charge in [0.15, 0.2) is 21.3 Å². The number of fused-ring (bicyclic) bond motifs is 4. The lowest BCUT2D eigenvalue weighted by Crippen LogP contribution is -2.46. The number of nitrogens with zero attached hydrogens (tertiary/aromatic N) is 6. The molecule has 3 atom stereocenters. The molecule has 32 heteroatoms. The maximum atomic E-state index is 15.9. The highest BCUT2D eigenvalue weighted by molar-refractivity contribution is 7.93. The number of rotatable bonds is 17. The molecule has 3 amide bonds. The fraction of sp³-hybridized carbons (Fsp3) is 0.455. The van der Waals surface area contributed by atoms with E-state index in [1.54, 1.807) is 5.32 Å². The Labute approximate surface area is 430 Å². The van der Waals surface area contributed by atoms with Crippen LogP contribution in [-0.4, -0.2) is 105 Å². The molecule has 3 aromatic heterocycles. The van der Waals surface area contributed by atoms with E-state index in [1.807, 2.05) is 0 Å². The molecule has 0 saturated heterocycles. The second-order valence-corrected chi connectivity index (χ2v) is 25.6. The van der Waals surface area contributed by atoms with Gasteiger partial charge in [0.25, 0.3) is 5.92 Å². The molecule has 414 valence electrons. The minimum atomic E-state index is -5.25. The number of alkyl halides is 8. The molecule has 0 aliphatic heterocycles. The summed E-state index contributed by atoms with van der Waals surface area (Å²) in [7, 11) is -13.7. The molecule has 2 aromatic carbocycles. The van der Waals surface area contributed by atoms with Gasteiger partial charge in [-0.05, 0) is 81.7 Å². The third kappa shape index (κ3) is 12.0. The summed E-state index contributed by atoms with van der Waals surface area (Å²) in [6, 6.07) is 4.66. The van der Waals surface area contributed by atoms with Crippen LogP contribution >= 0.6 is 19.2 Å². The van der Waals surface area contributed by atoms with Crippen LogP contribution in [-0.2, 0) is 76.8 Å². The van der Waals surface area contributed by atoms with E-state index in [0.29, 0.717) is 12.3 Å². The van der Waals surface area contributed by atoms with Gasteiger partial charge >= 0.3 is 31.8 Å². The molecule has 0 radical (unpaired) electrons. The summed E-state index contributed by atoms with van der Waals surface area (Å²) in [6.45, 7) is -1.57. The summed E-state index contributed by atoms with van der Waals surface area (Å²) in [6.07, 6.45) is -11.5. The average molecular weight is 1170 g/mol. The van der Waals surface area contributed by atoms with Crippen LogP contribution in [0.1, 0.15) is 79.0 Å². The molecular formula is C44H44ClF10N8O10PS2. The minimum Gasteiger partial charge on any atom is -0.347 e. The standard InChI is InChI=1S/C44H44ClF10N8O10PS2/c1-41(2,75(3,70)71)12-11-24-5-6-25(26-8-10-29(45)33-35(26)62(20-42(48,49)50)60-38(33)63(76(4,72)73)40(66)39(65)56-13-14-74(67,68)69)34(57-24)30(17-21-15-22(46)18-23(47)16-21)58-31(64)19-61-37-32(36(59-61)44(53,54)55)27-7-9-28(27)43(37,51)52/h5-6,8,10,15-16,18,27-28,30H,7,9,11-14,17,19-20H2,1-4H3,(H,56,65)(H,58,64)(H2,67,68,69)/t27-,28+,30-/m0/s1. The minimum absolute atomic E-state index is 0.0108.